The molecule has 0 radical (unpaired) electrons. The van der Waals surface area contributed by atoms with E-state index in [-0.39, 0.29) is 30.0 Å². The molecule has 0 saturated carbocycles. The van der Waals surface area contributed by atoms with Crippen LogP contribution in [0.4, 0.5) is 0 Å². The normalized spacial score (nSPS) is 12.9. The largest absolute Gasteiger partial charge is 0.351 e. The highest BCUT2D eigenvalue weighted by Gasteiger charge is 2.38. The van der Waals surface area contributed by atoms with Gasteiger partial charge >= 0.3 is 5.97 Å². The minimum absolute atomic E-state index is 0.00377. The number of hydroxylamine groups is 2. The summed E-state index contributed by atoms with van der Waals surface area (Å²) in [5.74, 6) is -2.54. The van der Waals surface area contributed by atoms with E-state index in [1.165, 1.54) is 12.1 Å². The molecule has 2 N–H and O–H groups in total. The molecule has 0 unspecified atom stereocenters. The average molecular weight is 377 g/mol. The van der Waals surface area contributed by atoms with Crippen LogP contribution in [0, 0.1) is 0 Å². The van der Waals surface area contributed by atoms with Gasteiger partial charge in [-0.05, 0) is 24.3 Å². The molecule has 2 heterocycles. The topological polar surface area (TPSA) is 109 Å². The van der Waals surface area contributed by atoms with Crippen molar-refractivity contribution in [2.24, 2.45) is 0 Å². The molecule has 0 saturated heterocycles. The molecule has 0 aliphatic carbocycles. The van der Waals surface area contributed by atoms with E-state index in [2.05, 4.69) is 10.3 Å². The minimum atomic E-state index is -0.800. The van der Waals surface area contributed by atoms with E-state index in [1.54, 1.807) is 18.2 Å². The van der Waals surface area contributed by atoms with Gasteiger partial charge in [-0.1, -0.05) is 35.4 Å². The van der Waals surface area contributed by atoms with Crippen LogP contribution in [0.25, 0.3) is 10.9 Å². The summed E-state index contributed by atoms with van der Waals surface area (Å²) in [5, 5.41) is 3.95. The molecule has 8 nitrogen and oxygen atoms in total. The van der Waals surface area contributed by atoms with E-state index in [4.69, 9.17) is 4.84 Å². The van der Waals surface area contributed by atoms with E-state index >= 15 is 0 Å². The SMILES string of the molecule is O=C(CCNC(=O)c1cc2ccccc2[nH]1)ON1C(=O)c2ccccc2C1=O. The van der Waals surface area contributed by atoms with Crippen molar-refractivity contribution in [1.82, 2.24) is 15.4 Å². The number of amides is 3. The van der Waals surface area contributed by atoms with Crippen LogP contribution >= 0.6 is 0 Å². The monoisotopic (exact) mass is 377 g/mol. The molecule has 0 fully saturated rings. The highest BCUT2D eigenvalue weighted by molar-refractivity contribution is 6.20. The third-order valence-corrected chi connectivity index (χ3v) is 4.34. The standard InChI is InChI=1S/C20H15N3O5/c24-17(28-23-19(26)13-6-2-3-7-14(13)20(23)27)9-10-21-18(25)16-11-12-5-1-4-8-15(12)22-16/h1-8,11,22H,9-10H2,(H,21,25). The van der Waals surface area contributed by atoms with Crippen molar-refractivity contribution in [3.05, 3.63) is 71.4 Å². The van der Waals surface area contributed by atoms with Crippen molar-refractivity contribution < 1.29 is 24.0 Å². The van der Waals surface area contributed by atoms with Gasteiger partial charge in [0.1, 0.15) is 5.69 Å². The fourth-order valence-corrected chi connectivity index (χ4v) is 2.97. The molecular weight excluding hydrogens is 362 g/mol. The van der Waals surface area contributed by atoms with Gasteiger partial charge in [0, 0.05) is 17.4 Å². The molecule has 3 aromatic rings. The van der Waals surface area contributed by atoms with Crippen LogP contribution in [-0.2, 0) is 9.63 Å². The minimum Gasteiger partial charge on any atom is -0.351 e. The molecular formula is C20H15N3O5. The number of imide groups is 1. The van der Waals surface area contributed by atoms with Crippen LogP contribution in [0.2, 0.25) is 0 Å². The molecule has 2 aromatic carbocycles. The van der Waals surface area contributed by atoms with Gasteiger partial charge < -0.3 is 15.1 Å². The number of carbonyl (C=O) groups excluding carboxylic acids is 4. The van der Waals surface area contributed by atoms with Crippen LogP contribution in [0.1, 0.15) is 37.6 Å². The zero-order valence-corrected chi connectivity index (χ0v) is 14.6. The molecule has 1 aliphatic heterocycles. The molecule has 1 aromatic heterocycles. The smallest absolute Gasteiger partial charge is 0.335 e. The molecule has 0 bridgehead atoms. The Morgan fingerprint density at radius 1 is 0.964 bits per heavy atom. The second-order valence-corrected chi connectivity index (χ2v) is 6.19. The van der Waals surface area contributed by atoms with Crippen LogP contribution in [0.15, 0.2) is 54.6 Å². The van der Waals surface area contributed by atoms with Crippen LogP contribution < -0.4 is 5.32 Å². The fourth-order valence-electron chi connectivity index (χ4n) is 2.97. The second-order valence-electron chi connectivity index (χ2n) is 6.19. The first-order valence-corrected chi connectivity index (χ1v) is 8.59. The van der Waals surface area contributed by atoms with Crippen molar-refractivity contribution in [1.29, 1.82) is 0 Å². The van der Waals surface area contributed by atoms with E-state index in [1.807, 2.05) is 24.3 Å². The molecule has 1 aliphatic rings. The average Bonchev–Trinajstić information content (AvgIpc) is 3.24. The predicted molar refractivity (Wildman–Crippen MR) is 98.3 cm³/mol. The number of nitrogens with one attached hydrogen (secondary N) is 2. The van der Waals surface area contributed by atoms with Crippen molar-refractivity contribution in [2.75, 3.05) is 6.54 Å². The fraction of sp³-hybridized carbons (Fsp3) is 0.100. The number of aromatic nitrogens is 1. The Balaban J connectivity index is 1.31. The van der Waals surface area contributed by atoms with Crippen molar-refractivity contribution in [3.63, 3.8) is 0 Å². The van der Waals surface area contributed by atoms with Crippen LogP contribution in [0.5, 0.6) is 0 Å². The second kappa shape index (κ2) is 6.99. The number of para-hydroxylation sites is 1. The summed E-state index contributed by atoms with van der Waals surface area (Å²) in [7, 11) is 0. The highest BCUT2D eigenvalue weighted by atomic mass is 16.7. The number of H-pyrrole nitrogens is 1. The highest BCUT2D eigenvalue weighted by Crippen LogP contribution is 2.22. The molecule has 0 atom stereocenters. The first kappa shape index (κ1) is 17.5. The number of hydrogen-bond acceptors (Lipinski definition) is 5. The summed E-state index contributed by atoms with van der Waals surface area (Å²) in [6, 6.07) is 15.4. The summed E-state index contributed by atoms with van der Waals surface area (Å²) < 4.78 is 0. The lowest BCUT2D eigenvalue weighted by Crippen LogP contribution is -2.34. The third kappa shape index (κ3) is 3.11. The van der Waals surface area contributed by atoms with Gasteiger partial charge in [-0.2, -0.15) is 0 Å². The van der Waals surface area contributed by atoms with Gasteiger partial charge in [-0.15, -0.1) is 0 Å². The maximum atomic E-state index is 12.2. The molecule has 0 spiro atoms. The number of hydrogen-bond donors (Lipinski definition) is 2. The lowest BCUT2D eigenvalue weighted by atomic mass is 10.1. The number of benzene rings is 2. The Bertz CT molecular complexity index is 1050. The molecule has 4 rings (SSSR count). The van der Waals surface area contributed by atoms with Gasteiger partial charge in [0.25, 0.3) is 17.7 Å². The first-order chi connectivity index (χ1) is 13.5. The zero-order chi connectivity index (χ0) is 19.7. The first-order valence-electron chi connectivity index (χ1n) is 8.59. The summed E-state index contributed by atoms with van der Waals surface area (Å²) >= 11 is 0. The summed E-state index contributed by atoms with van der Waals surface area (Å²) in [6.45, 7) is -0.00377. The zero-order valence-electron chi connectivity index (χ0n) is 14.6. The lowest BCUT2D eigenvalue weighted by molar-refractivity contribution is -0.168. The Morgan fingerprint density at radius 3 is 2.29 bits per heavy atom. The van der Waals surface area contributed by atoms with Gasteiger partial charge in [0.05, 0.1) is 17.5 Å². The quantitative estimate of drug-likeness (QED) is 0.662. The number of nitrogens with zero attached hydrogens (tertiary/aromatic N) is 1. The molecule has 3 amide bonds. The maximum absolute atomic E-state index is 12.2. The third-order valence-electron chi connectivity index (χ3n) is 4.34. The lowest BCUT2D eigenvalue weighted by Gasteiger charge is -2.12. The Morgan fingerprint density at radius 2 is 1.61 bits per heavy atom. The van der Waals surface area contributed by atoms with Crippen molar-refractivity contribution in [3.8, 4) is 0 Å². The van der Waals surface area contributed by atoms with Crippen molar-refractivity contribution >= 4 is 34.6 Å². The molecule has 140 valence electrons. The number of rotatable bonds is 5. The summed E-state index contributed by atoms with van der Waals surface area (Å²) in [4.78, 5) is 56.3. The van der Waals surface area contributed by atoms with Gasteiger partial charge in [-0.3, -0.25) is 14.4 Å². The van der Waals surface area contributed by atoms with Gasteiger partial charge in [0.15, 0.2) is 0 Å². The van der Waals surface area contributed by atoms with Gasteiger partial charge in [-0.25, -0.2) is 4.79 Å². The van der Waals surface area contributed by atoms with E-state index < -0.39 is 17.8 Å². The Labute approximate surface area is 159 Å². The molecule has 28 heavy (non-hydrogen) atoms. The van der Waals surface area contributed by atoms with Gasteiger partial charge in [0.2, 0.25) is 0 Å². The summed E-state index contributed by atoms with van der Waals surface area (Å²) in [5.41, 5.74) is 1.58. The summed E-state index contributed by atoms with van der Waals surface area (Å²) in [6.07, 6.45) is -0.195. The number of fused-ring (bicyclic) bond motifs is 2. The van der Waals surface area contributed by atoms with E-state index in [0.29, 0.717) is 10.8 Å². The van der Waals surface area contributed by atoms with Crippen LogP contribution in [-0.4, -0.2) is 40.3 Å². The maximum Gasteiger partial charge on any atom is 0.335 e. The van der Waals surface area contributed by atoms with Crippen LogP contribution in [0.3, 0.4) is 0 Å². The van der Waals surface area contributed by atoms with E-state index in [9.17, 15) is 19.2 Å². The number of carbonyl (C=O) groups is 4. The Hall–Kier alpha value is -3.94. The molecule has 8 heteroatoms. The Kier molecular flexibility index (Phi) is 4.36. The number of aromatic amines is 1. The van der Waals surface area contributed by atoms with E-state index in [0.717, 1.165) is 10.9 Å². The van der Waals surface area contributed by atoms with Crippen molar-refractivity contribution in [2.45, 2.75) is 6.42 Å². The predicted octanol–water partition coefficient (Wildman–Crippen LogP) is 2.04.